The third-order valence-corrected chi connectivity index (χ3v) is 3.94. The number of nitrogens with zero attached hydrogens (tertiary/aromatic N) is 2. The molecule has 0 aliphatic carbocycles. The summed E-state index contributed by atoms with van der Waals surface area (Å²) in [7, 11) is 0. The fraction of sp³-hybridized carbons (Fsp3) is 0.333. The molecule has 0 fully saturated rings. The van der Waals surface area contributed by atoms with Crippen LogP contribution in [0.3, 0.4) is 0 Å². The summed E-state index contributed by atoms with van der Waals surface area (Å²) in [5, 5.41) is 3.97. The smallest absolute Gasteiger partial charge is 0.408 e. The van der Waals surface area contributed by atoms with E-state index in [1.165, 1.54) is 16.7 Å². The summed E-state index contributed by atoms with van der Waals surface area (Å²) in [4.78, 5) is 12.0. The highest BCUT2D eigenvalue weighted by Gasteiger charge is 2.21. The molecular formula is C15H14BrFN2O3. The average Bonchev–Trinajstić information content (AvgIpc) is 2.98. The number of hydrogen-bond acceptors (Lipinski definition) is 4. The molecule has 0 aliphatic heterocycles. The van der Waals surface area contributed by atoms with Crippen molar-refractivity contribution < 1.29 is 13.3 Å². The lowest BCUT2D eigenvalue weighted by molar-refractivity contribution is 0.325. The van der Waals surface area contributed by atoms with Gasteiger partial charge in [0.1, 0.15) is 17.3 Å². The number of halogens is 2. The van der Waals surface area contributed by atoms with E-state index in [1.54, 1.807) is 6.07 Å². The minimum atomic E-state index is -0.562. The second kappa shape index (κ2) is 5.08. The second-order valence-corrected chi connectivity index (χ2v) is 6.97. The SMILES string of the molecule is CC(C)(C)c1cc(Cn2c(=O)oc3cc(Br)c(F)cc32)no1. The van der Waals surface area contributed by atoms with Crippen molar-refractivity contribution in [2.24, 2.45) is 0 Å². The Morgan fingerprint density at radius 1 is 1.32 bits per heavy atom. The largest absolute Gasteiger partial charge is 0.420 e. The van der Waals surface area contributed by atoms with Gasteiger partial charge in [0.05, 0.1) is 16.5 Å². The molecule has 7 heteroatoms. The molecule has 5 nitrogen and oxygen atoms in total. The zero-order valence-corrected chi connectivity index (χ0v) is 13.9. The van der Waals surface area contributed by atoms with Crippen molar-refractivity contribution >= 4 is 27.0 Å². The number of hydrogen-bond donors (Lipinski definition) is 0. The molecule has 3 aromatic rings. The molecule has 0 radical (unpaired) electrons. The Hall–Kier alpha value is -1.89. The van der Waals surface area contributed by atoms with Crippen molar-refractivity contribution in [2.45, 2.75) is 32.7 Å². The van der Waals surface area contributed by atoms with Gasteiger partial charge in [-0.25, -0.2) is 9.18 Å². The normalized spacial score (nSPS) is 12.2. The molecule has 22 heavy (non-hydrogen) atoms. The van der Waals surface area contributed by atoms with Gasteiger partial charge in [-0.1, -0.05) is 25.9 Å². The fourth-order valence-electron chi connectivity index (χ4n) is 2.11. The fourth-order valence-corrected chi connectivity index (χ4v) is 2.43. The van der Waals surface area contributed by atoms with E-state index in [0.29, 0.717) is 16.8 Å². The van der Waals surface area contributed by atoms with Crippen LogP contribution >= 0.6 is 15.9 Å². The van der Waals surface area contributed by atoms with Gasteiger partial charge >= 0.3 is 5.76 Å². The Morgan fingerprint density at radius 3 is 2.68 bits per heavy atom. The van der Waals surface area contributed by atoms with Gasteiger partial charge in [0.25, 0.3) is 0 Å². The molecule has 1 aromatic carbocycles. The second-order valence-electron chi connectivity index (χ2n) is 6.12. The molecule has 0 saturated heterocycles. The van der Waals surface area contributed by atoms with Crippen molar-refractivity contribution in [3.63, 3.8) is 0 Å². The summed E-state index contributed by atoms with van der Waals surface area (Å²) in [6, 6.07) is 4.49. The Balaban J connectivity index is 2.04. The third kappa shape index (κ3) is 2.61. The predicted octanol–water partition coefficient (Wildman–Crippen LogP) is 3.83. The zero-order valence-electron chi connectivity index (χ0n) is 12.3. The summed E-state index contributed by atoms with van der Waals surface area (Å²) >= 11 is 3.07. The summed E-state index contributed by atoms with van der Waals surface area (Å²) in [6.07, 6.45) is 0. The van der Waals surface area contributed by atoms with E-state index < -0.39 is 11.6 Å². The first-order valence-electron chi connectivity index (χ1n) is 6.70. The van der Waals surface area contributed by atoms with Crippen molar-refractivity contribution in [1.82, 2.24) is 9.72 Å². The van der Waals surface area contributed by atoms with Crippen molar-refractivity contribution in [1.29, 1.82) is 0 Å². The molecule has 2 heterocycles. The minimum Gasteiger partial charge on any atom is -0.408 e. The molecule has 0 aliphatic rings. The average molecular weight is 369 g/mol. The van der Waals surface area contributed by atoms with Crippen LogP contribution in [0.4, 0.5) is 4.39 Å². The molecule has 0 saturated carbocycles. The Bertz CT molecular complexity index is 902. The van der Waals surface area contributed by atoms with E-state index >= 15 is 0 Å². The van der Waals surface area contributed by atoms with Crippen LogP contribution in [0.1, 0.15) is 32.2 Å². The van der Waals surface area contributed by atoms with E-state index in [9.17, 15) is 9.18 Å². The summed E-state index contributed by atoms with van der Waals surface area (Å²) in [5.74, 6) is -0.303. The first kappa shape index (κ1) is 15.0. The molecule has 0 amide bonds. The van der Waals surface area contributed by atoms with Crippen LogP contribution in [0, 0.1) is 5.82 Å². The number of benzene rings is 1. The number of oxazole rings is 1. The highest BCUT2D eigenvalue weighted by atomic mass is 79.9. The van der Waals surface area contributed by atoms with E-state index in [0.717, 1.165) is 5.76 Å². The van der Waals surface area contributed by atoms with Gasteiger partial charge in [-0.2, -0.15) is 0 Å². The van der Waals surface area contributed by atoms with Gasteiger partial charge in [-0.15, -0.1) is 0 Å². The van der Waals surface area contributed by atoms with E-state index in [2.05, 4.69) is 21.1 Å². The maximum absolute atomic E-state index is 13.7. The van der Waals surface area contributed by atoms with Gasteiger partial charge in [0.15, 0.2) is 5.58 Å². The number of rotatable bonds is 2. The zero-order chi connectivity index (χ0) is 16.1. The molecular weight excluding hydrogens is 355 g/mol. The van der Waals surface area contributed by atoms with Gasteiger partial charge in [0.2, 0.25) is 0 Å². The molecule has 0 spiro atoms. The van der Waals surface area contributed by atoms with Gasteiger partial charge < -0.3 is 8.94 Å². The Kier molecular flexibility index (Phi) is 3.47. The van der Waals surface area contributed by atoms with Gasteiger partial charge in [-0.3, -0.25) is 4.57 Å². The van der Waals surface area contributed by atoms with Crippen LogP contribution in [0.15, 0.2) is 36.4 Å². The van der Waals surface area contributed by atoms with E-state index in [-0.39, 0.29) is 16.4 Å². The highest BCUT2D eigenvalue weighted by molar-refractivity contribution is 9.10. The minimum absolute atomic E-state index is 0.159. The molecule has 2 aromatic heterocycles. The first-order chi connectivity index (χ1) is 10.3. The highest BCUT2D eigenvalue weighted by Crippen LogP contribution is 2.25. The third-order valence-electron chi connectivity index (χ3n) is 3.33. The molecule has 0 bridgehead atoms. The maximum atomic E-state index is 13.7. The predicted molar refractivity (Wildman–Crippen MR) is 82.4 cm³/mol. The summed E-state index contributed by atoms with van der Waals surface area (Å²) in [6.45, 7) is 6.17. The van der Waals surface area contributed by atoms with Crippen LogP contribution in [0.5, 0.6) is 0 Å². The Labute approximate surface area is 133 Å². The number of aromatic nitrogens is 2. The van der Waals surface area contributed by atoms with Crippen LogP contribution < -0.4 is 5.76 Å². The lowest BCUT2D eigenvalue weighted by atomic mass is 9.93. The molecule has 3 rings (SSSR count). The van der Waals surface area contributed by atoms with Crippen molar-refractivity contribution in [3.05, 3.63) is 50.5 Å². The molecule has 116 valence electrons. The van der Waals surface area contributed by atoms with Crippen LogP contribution in [-0.4, -0.2) is 9.72 Å². The molecule has 0 unspecified atom stereocenters. The lowest BCUT2D eigenvalue weighted by Gasteiger charge is -2.12. The molecule has 0 N–H and O–H groups in total. The monoisotopic (exact) mass is 368 g/mol. The number of fused-ring (bicyclic) bond motifs is 1. The van der Waals surface area contributed by atoms with Crippen LogP contribution in [0.2, 0.25) is 0 Å². The van der Waals surface area contributed by atoms with Crippen molar-refractivity contribution in [3.8, 4) is 0 Å². The van der Waals surface area contributed by atoms with E-state index in [1.807, 2.05) is 20.8 Å². The summed E-state index contributed by atoms with van der Waals surface area (Å²) < 4.78 is 25.7. The first-order valence-corrected chi connectivity index (χ1v) is 7.49. The lowest BCUT2D eigenvalue weighted by Crippen LogP contribution is -2.15. The Morgan fingerprint density at radius 2 is 2.05 bits per heavy atom. The quantitative estimate of drug-likeness (QED) is 0.689. The van der Waals surface area contributed by atoms with Crippen LogP contribution in [-0.2, 0) is 12.0 Å². The molecule has 0 atom stereocenters. The van der Waals surface area contributed by atoms with Crippen LogP contribution in [0.25, 0.3) is 11.1 Å². The summed E-state index contributed by atoms with van der Waals surface area (Å²) in [5.41, 5.74) is 1.10. The maximum Gasteiger partial charge on any atom is 0.420 e. The van der Waals surface area contributed by atoms with Gasteiger partial charge in [0, 0.05) is 23.6 Å². The topological polar surface area (TPSA) is 61.2 Å². The standard InChI is InChI=1S/C15H14BrFN2O3/c1-15(2,3)13-4-8(18-22-13)7-19-11-6-10(17)9(16)5-12(11)21-14(19)20/h4-6H,7H2,1-3H3. The van der Waals surface area contributed by atoms with Crippen molar-refractivity contribution in [2.75, 3.05) is 0 Å². The van der Waals surface area contributed by atoms with Gasteiger partial charge in [-0.05, 0) is 15.9 Å². The van der Waals surface area contributed by atoms with E-state index in [4.69, 9.17) is 8.94 Å².